The second kappa shape index (κ2) is 11.1. The Hall–Kier alpha value is -0.513. The molecule has 10 heteroatoms. The molecule has 141 valence electrons. The Morgan fingerprint density at radius 1 is 1.00 bits per heavy atom. The molecule has 0 saturated carbocycles. The molecule has 23 heavy (non-hydrogen) atoms. The van der Waals surface area contributed by atoms with E-state index in [1.807, 2.05) is 0 Å². The summed E-state index contributed by atoms with van der Waals surface area (Å²) in [5, 5.41) is 7.93. The van der Waals surface area contributed by atoms with Crippen LogP contribution in [0.2, 0.25) is 18.1 Å². The fraction of sp³-hybridized carbons (Fsp3) is 0.615. The van der Waals surface area contributed by atoms with Crippen molar-refractivity contribution in [3.8, 4) is 0 Å². The van der Waals surface area contributed by atoms with Gasteiger partial charge < -0.3 is 5.11 Å². The first-order chi connectivity index (χ1) is 9.79. The van der Waals surface area contributed by atoms with Crippen LogP contribution in [-0.4, -0.2) is 31.3 Å². The minimum absolute atomic E-state index is 0. The van der Waals surface area contributed by atoms with Crippen LogP contribution in [0.5, 0.6) is 0 Å². The number of rotatable bonds is 5. The van der Waals surface area contributed by atoms with Gasteiger partial charge in [0.1, 0.15) is 0 Å². The van der Waals surface area contributed by atoms with E-state index in [2.05, 4.69) is 33.0 Å². The molecule has 0 saturated heterocycles. The van der Waals surface area contributed by atoms with E-state index in [4.69, 9.17) is 5.11 Å². The van der Waals surface area contributed by atoms with Crippen LogP contribution in [0.3, 0.4) is 0 Å². The number of hydrogen-bond acceptors (Lipinski definition) is 2. The summed E-state index contributed by atoms with van der Waals surface area (Å²) in [6, 6.07) is 4.09. The van der Waals surface area contributed by atoms with Crippen molar-refractivity contribution in [2.24, 2.45) is 0 Å². The summed E-state index contributed by atoms with van der Waals surface area (Å²) in [5.74, 6) is -5.34. The minimum Gasteiger partial charge on any atom is -0.504 e. The van der Waals surface area contributed by atoms with Crippen molar-refractivity contribution >= 4 is 13.9 Å². The van der Waals surface area contributed by atoms with E-state index in [0.29, 0.717) is 0 Å². The van der Waals surface area contributed by atoms with Gasteiger partial charge in [0, 0.05) is 28.5 Å². The van der Waals surface area contributed by atoms with Gasteiger partial charge in [-0.1, -0.05) is 38.9 Å². The maximum Gasteiger partial charge on any atom is 0.454 e. The van der Waals surface area contributed by atoms with Gasteiger partial charge in [0.05, 0.1) is 8.07 Å². The van der Waals surface area contributed by atoms with Crippen LogP contribution in [-0.2, 0) is 27.2 Å². The van der Waals surface area contributed by atoms with Crippen LogP contribution < -0.4 is 0 Å². The number of aliphatic hydroxyl groups is 1. The molecule has 0 aliphatic carbocycles. The second-order valence-electron chi connectivity index (χ2n) is 4.52. The van der Waals surface area contributed by atoms with Gasteiger partial charge in [-0.25, -0.2) is 0 Å². The second-order valence-corrected chi connectivity index (χ2v) is 9.77. The van der Waals surface area contributed by atoms with Gasteiger partial charge >= 0.3 is 12.4 Å². The maximum absolute atomic E-state index is 11.4. The normalized spacial score (nSPS) is 12.7. The third kappa shape index (κ3) is 10.8. The molecular formula is C13H20AgF6O2Si. The van der Waals surface area contributed by atoms with Crippen LogP contribution in [0.4, 0.5) is 26.3 Å². The predicted molar refractivity (Wildman–Crippen MR) is 75.2 cm³/mol. The zero-order chi connectivity index (χ0) is 18.2. The molecule has 0 amide bonds. The van der Waals surface area contributed by atoms with Gasteiger partial charge in [-0.05, 0) is 0 Å². The predicted octanol–water partition coefficient (Wildman–Crippen LogP) is 5.34. The Bertz CT molecular complexity index is 392. The average molecular weight is 458 g/mol. The van der Waals surface area contributed by atoms with Crippen LogP contribution in [0, 0.1) is 0 Å². The van der Waals surface area contributed by atoms with Crippen molar-refractivity contribution in [1.29, 1.82) is 0 Å². The Labute approximate surface area is 148 Å². The smallest absolute Gasteiger partial charge is 0.454 e. The third-order valence-electron chi connectivity index (χ3n) is 3.38. The van der Waals surface area contributed by atoms with Gasteiger partial charge in [0.25, 0.3) is 5.78 Å². The topological polar surface area (TPSA) is 37.3 Å². The van der Waals surface area contributed by atoms with Gasteiger partial charge in [0.15, 0.2) is 0 Å². The van der Waals surface area contributed by atoms with Crippen LogP contribution in [0.15, 0.2) is 24.1 Å². The molecular weight excluding hydrogens is 438 g/mol. The van der Waals surface area contributed by atoms with E-state index in [0.717, 1.165) is 0 Å². The van der Waals surface area contributed by atoms with E-state index < -0.39 is 38.0 Å². The van der Waals surface area contributed by atoms with Crippen molar-refractivity contribution in [3.63, 3.8) is 0 Å². The number of hydrogen-bond donors (Lipinski definition) is 1. The largest absolute Gasteiger partial charge is 0.504 e. The quantitative estimate of drug-likeness (QED) is 0.262. The molecule has 0 aromatic heterocycles. The first-order valence-electron chi connectivity index (χ1n) is 6.52. The van der Waals surface area contributed by atoms with Crippen molar-refractivity contribution < 1.29 is 58.6 Å². The molecule has 0 spiro atoms. The molecule has 0 aliphatic heterocycles. The summed E-state index contributed by atoms with van der Waals surface area (Å²) >= 11 is 0. The zero-order valence-electron chi connectivity index (χ0n) is 12.9. The Morgan fingerprint density at radius 3 is 1.48 bits per heavy atom. The molecule has 1 radical (unpaired) electrons. The summed E-state index contributed by atoms with van der Waals surface area (Å²) < 4.78 is 68.1. The fourth-order valence-corrected chi connectivity index (χ4v) is 3.84. The number of alkyl halides is 6. The van der Waals surface area contributed by atoms with Crippen molar-refractivity contribution in [1.82, 2.24) is 0 Å². The van der Waals surface area contributed by atoms with Crippen molar-refractivity contribution in [2.45, 2.75) is 51.3 Å². The van der Waals surface area contributed by atoms with E-state index in [1.54, 1.807) is 0 Å². The molecule has 1 N–H and O–H groups in total. The maximum atomic E-state index is 11.4. The molecule has 0 unspecified atom stereocenters. The van der Waals surface area contributed by atoms with Crippen molar-refractivity contribution in [3.05, 3.63) is 24.1 Å². The summed E-state index contributed by atoms with van der Waals surface area (Å²) in [5.41, 5.74) is 2.24. The van der Waals surface area contributed by atoms with Crippen LogP contribution in [0.1, 0.15) is 20.8 Å². The summed E-state index contributed by atoms with van der Waals surface area (Å²) in [7, 11) is -0.927. The average Bonchev–Trinajstić information content (AvgIpc) is 2.40. The Morgan fingerprint density at radius 2 is 1.35 bits per heavy atom. The van der Waals surface area contributed by atoms with Gasteiger partial charge in [-0.2, -0.15) is 26.3 Å². The fourth-order valence-electron chi connectivity index (χ4n) is 1.47. The zero-order valence-corrected chi connectivity index (χ0v) is 15.4. The number of ketones is 1. The minimum atomic E-state index is -5.42. The summed E-state index contributed by atoms with van der Waals surface area (Å²) in [6.45, 7) is 10.8. The molecule has 0 fully saturated rings. The molecule has 0 aromatic carbocycles. The SMILES string of the molecule is C=C[Si](CC)(CC)CC.O=C(/C=C(\O)C(F)(F)F)C(F)(F)F.[Ag]. The molecule has 0 rings (SSSR count). The van der Waals surface area contributed by atoms with E-state index >= 15 is 0 Å². The molecule has 0 atom stereocenters. The molecule has 0 aromatic rings. The molecule has 0 aliphatic rings. The number of carbonyl (C=O) groups is 1. The number of allylic oxidation sites excluding steroid dienone is 2. The monoisotopic (exact) mass is 457 g/mol. The Balaban J connectivity index is -0.000000354. The summed E-state index contributed by atoms with van der Waals surface area (Å²) in [6.07, 6.45) is -11.7. The van der Waals surface area contributed by atoms with Crippen LogP contribution >= 0.6 is 0 Å². The van der Waals surface area contributed by atoms with Gasteiger partial charge in [-0.3, -0.25) is 4.79 Å². The van der Waals surface area contributed by atoms with E-state index in [-0.39, 0.29) is 22.4 Å². The molecule has 0 bridgehead atoms. The van der Waals surface area contributed by atoms with Gasteiger partial charge in [0.2, 0.25) is 5.76 Å². The summed E-state index contributed by atoms with van der Waals surface area (Å²) in [4.78, 5) is 9.86. The van der Waals surface area contributed by atoms with Crippen molar-refractivity contribution in [2.75, 3.05) is 0 Å². The standard InChI is InChI=1S/C8H18Si.C5H2F6O2.Ag/c1-5-9(6-2,7-3)8-4;6-4(7,8)2(12)1-3(13)5(9,10)11;/h5H,1,6-8H2,2-4H3;1,12H;/b;2-1-;. The van der Waals surface area contributed by atoms with E-state index in [1.165, 1.54) is 18.1 Å². The Kier molecular flexibility index (Phi) is 13.2. The number of aliphatic hydroxyl groups excluding tert-OH is 1. The molecule has 0 heterocycles. The molecule has 2 nitrogen and oxygen atoms in total. The van der Waals surface area contributed by atoms with Gasteiger partial charge in [-0.15, -0.1) is 12.3 Å². The number of carbonyl (C=O) groups excluding carboxylic acids is 1. The third-order valence-corrected chi connectivity index (χ3v) is 8.47. The van der Waals surface area contributed by atoms with E-state index in [9.17, 15) is 31.1 Å². The first-order valence-corrected chi connectivity index (χ1v) is 9.22. The number of halogens is 6. The van der Waals surface area contributed by atoms with Crippen LogP contribution in [0.25, 0.3) is 0 Å². The first kappa shape index (κ1) is 27.3.